The van der Waals surface area contributed by atoms with Gasteiger partial charge in [-0.15, -0.1) is 0 Å². The zero-order valence-corrected chi connectivity index (χ0v) is 12.1. The van der Waals surface area contributed by atoms with Gasteiger partial charge in [0, 0.05) is 6.07 Å². The van der Waals surface area contributed by atoms with Gasteiger partial charge in [0.05, 0.1) is 10.5 Å². The molecule has 0 aliphatic heterocycles. The van der Waals surface area contributed by atoms with E-state index in [1.54, 1.807) is 0 Å². The quantitative estimate of drug-likeness (QED) is 0.259. The van der Waals surface area contributed by atoms with Gasteiger partial charge >= 0.3 is 10.2 Å². The standard InChI is InChI=1S/C7H4Br2F5NO2S/c8-7(9)5-3-4(18(10,11,12,13)14)1-2-6(5)15(16)17/h1-3,7H. The fourth-order valence-corrected chi connectivity index (χ4v) is 2.52. The van der Waals surface area contributed by atoms with Crippen molar-refractivity contribution in [3.05, 3.63) is 33.9 Å². The van der Waals surface area contributed by atoms with E-state index in [9.17, 15) is 29.5 Å². The lowest BCUT2D eigenvalue weighted by molar-refractivity contribution is -0.385. The van der Waals surface area contributed by atoms with Crippen molar-refractivity contribution in [2.45, 2.75) is 8.63 Å². The number of hydrogen-bond donors (Lipinski definition) is 0. The van der Waals surface area contributed by atoms with Gasteiger partial charge in [-0.1, -0.05) is 51.3 Å². The summed E-state index contributed by atoms with van der Waals surface area (Å²) in [6.45, 7) is 0. The molecule has 0 heterocycles. The molecular weight excluding hydrogens is 417 g/mol. The van der Waals surface area contributed by atoms with Crippen LogP contribution in [0, 0.1) is 10.1 Å². The van der Waals surface area contributed by atoms with Crippen LogP contribution in [0.25, 0.3) is 0 Å². The highest BCUT2D eigenvalue weighted by Gasteiger charge is 2.65. The smallest absolute Gasteiger partial charge is 0.258 e. The Bertz CT molecular complexity index is 518. The lowest BCUT2D eigenvalue weighted by Gasteiger charge is -2.40. The highest BCUT2D eigenvalue weighted by atomic mass is 79.9. The Morgan fingerprint density at radius 3 is 2.00 bits per heavy atom. The van der Waals surface area contributed by atoms with Crippen LogP contribution in [0.5, 0.6) is 0 Å². The fraction of sp³-hybridized carbons (Fsp3) is 0.143. The van der Waals surface area contributed by atoms with Crippen molar-refractivity contribution in [1.82, 2.24) is 0 Å². The molecule has 1 aromatic carbocycles. The lowest BCUT2D eigenvalue weighted by atomic mass is 10.2. The molecule has 0 spiro atoms. The van der Waals surface area contributed by atoms with Crippen LogP contribution in [0.1, 0.15) is 9.30 Å². The third kappa shape index (κ3) is 3.54. The average Bonchev–Trinajstić information content (AvgIpc) is 2.13. The first kappa shape index (κ1) is 15.6. The number of hydrogen-bond acceptors (Lipinski definition) is 2. The number of benzene rings is 1. The summed E-state index contributed by atoms with van der Waals surface area (Å²) in [6.07, 6.45) is 0. The van der Waals surface area contributed by atoms with Crippen molar-refractivity contribution in [1.29, 1.82) is 0 Å². The molecule has 18 heavy (non-hydrogen) atoms. The van der Waals surface area contributed by atoms with Gasteiger partial charge in [-0.2, -0.15) is 0 Å². The molecule has 1 rings (SSSR count). The van der Waals surface area contributed by atoms with Crippen LogP contribution in [-0.4, -0.2) is 4.92 Å². The van der Waals surface area contributed by atoms with E-state index in [2.05, 4.69) is 31.9 Å². The predicted octanol–water partition coefficient (Wildman–Crippen LogP) is 6.04. The molecule has 11 heteroatoms. The summed E-state index contributed by atoms with van der Waals surface area (Å²) in [4.78, 5) is 7.43. The third-order valence-corrected chi connectivity index (χ3v) is 4.01. The SMILES string of the molecule is O=[N+]([O-])c1ccc(S(F)(F)(F)(F)F)cc1C(Br)Br. The van der Waals surface area contributed by atoms with Gasteiger partial charge < -0.3 is 0 Å². The average molecular weight is 421 g/mol. The summed E-state index contributed by atoms with van der Waals surface area (Å²) < 4.78 is 61.6. The molecule has 0 aliphatic rings. The van der Waals surface area contributed by atoms with Gasteiger partial charge in [-0.3, -0.25) is 10.1 Å². The molecule has 0 radical (unpaired) electrons. The minimum absolute atomic E-state index is 0.00552. The van der Waals surface area contributed by atoms with Gasteiger partial charge in [0.25, 0.3) is 5.69 Å². The van der Waals surface area contributed by atoms with E-state index in [-0.39, 0.29) is 12.1 Å². The van der Waals surface area contributed by atoms with Crippen LogP contribution >= 0.6 is 42.1 Å². The number of nitro groups is 1. The first-order chi connectivity index (χ1) is 7.72. The maximum Gasteiger partial charge on any atom is 0.310 e. The molecule has 0 N–H and O–H groups in total. The highest BCUT2D eigenvalue weighted by molar-refractivity contribution is 9.24. The van der Waals surface area contributed by atoms with Gasteiger partial charge in [0.1, 0.15) is 8.63 Å². The van der Waals surface area contributed by atoms with Gasteiger partial charge in [-0.05, 0) is 12.1 Å². The van der Waals surface area contributed by atoms with Crippen molar-refractivity contribution in [3.8, 4) is 0 Å². The number of rotatable bonds is 3. The maximum absolute atomic E-state index is 12.5. The molecule has 0 amide bonds. The van der Waals surface area contributed by atoms with Crippen molar-refractivity contribution < 1.29 is 24.4 Å². The Labute approximate surface area is 114 Å². The highest BCUT2D eigenvalue weighted by Crippen LogP contribution is 3.02. The maximum atomic E-state index is 12.5. The van der Waals surface area contributed by atoms with Gasteiger partial charge in [0.2, 0.25) is 0 Å². The Kier molecular flexibility index (Phi) is 3.29. The third-order valence-electron chi connectivity index (χ3n) is 1.88. The second-order valence-corrected chi connectivity index (χ2v) is 8.72. The topological polar surface area (TPSA) is 43.1 Å². The molecule has 0 aromatic heterocycles. The molecular formula is C7H4Br2F5NO2S. The van der Waals surface area contributed by atoms with Crippen molar-refractivity contribution >= 4 is 47.8 Å². The summed E-state index contributed by atoms with van der Waals surface area (Å²) in [5.41, 5.74) is -1.23. The predicted molar refractivity (Wildman–Crippen MR) is 65.1 cm³/mol. The minimum Gasteiger partial charge on any atom is -0.258 e. The molecule has 0 bridgehead atoms. The monoisotopic (exact) mass is 419 g/mol. The first-order valence-corrected chi connectivity index (χ1v) is 7.81. The number of halogens is 7. The van der Waals surface area contributed by atoms with E-state index in [1.165, 1.54) is 0 Å². The largest absolute Gasteiger partial charge is 0.310 e. The summed E-state index contributed by atoms with van der Waals surface area (Å²) in [5.74, 6) is 0. The second-order valence-electron chi connectivity index (χ2n) is 3.25. The lowest BCUT2D eigenvalue weighted by Crippen LogP contribution is -2.07. The number of alkyl halides is 2. The number of nitro benzene ring substituents is 1. The normalized spacial score (nSPS) is 16.2. The van der Waals surface area contributed by atoms with Crippen LogP contribution in [0.4, 0.5) is 25.1 Å². The van der Waals surface area contributed by atoms with Crippen molar-refractivity contribution in [2.75, 3.05) is 0 Å². The second kappa shape index (κ2) is 3.79. The van der Waals surface area contributed by atoms with Crippen LogP contribution in [0.15, 0.2) is 23.1 Å². The van der Waals surface area contributed by atoms with Crippen LogP contribution in [-0.2, 0) is 0 Å². The first-order valence-electron chi connectivity index (χ1n) is 4.03. The van der Waals surface area contributed by atoms with E-state index in [4.69, 9.17) is 0 Å². The van der Waals surface area contributed by atoms with Crippen LogP contribution < -0.4 is 0 Å². The van der Waals surface area contributed by atoms with Crippen LogP contribution in [0.3, 0.4) is 0 Å². The molecule has 0 fully saturated rings. The van der Waals surface area contributed by atoms with Crippen molar-refractivity contribution in [2.24, 2.45) is 0 Å². The number of nitrogens with zero attached hydrogens (tertiary/aromatic N) is 1. The zero-order valence-electron chi connectivity index (χ0n) is 8.13. The molecule has 3 nitrogen and oxygen atoms in total. The molecule has 0 saturated carbocycles. The fourth-order valence-electron chi connectivity index (χ4n) is 1.11. The van der Waals surface area contributed by atoms with E-state index < -0.39 is 35.0 Å². The Balaban J connectivity index is 3.58. The molecule has 104 valence electrons. The van der Waals surface area contributed by atoms with E-state index in [0.717, 1.165) is 0 Å². The molecule has 0 saturated heterocycles. The zero-order chi connectivity index (χ0) is 14.4. The Morgan fingerprint density at radius 2 is 1.67 bits per heavy atom. The Hall–Kier alpha value is -0.420. The molecule has 1 aromatic rings. The van der Waals surface area contributed by atoms with Crippen molar-refractivity contribution in [3.63, 3.8) is 0 Å². The summed E-state index contributed by atoms with van der Waals surface area (Å²) in [5, 5.41) is 10.6. The summed E-state index contributed by atoms with van der Waals surface area (Å²) in [7, 11) is -9.84. The van der Waals surface area contributed by atoms with E-state index >= 15 is 0 Å². The molecule has 0 atom stereocenters. The van der Waals surface area contributed by atoms with Gasteiger partial charge in [0.15, 0.2) is 0 Å². The van der Waals surface area contributed by atoms with Gasteiger partial charge in [-0.25, -0.2) is 0 Å². The van der Waals surface area contributed by atoms with E-state index in [1.807, 2.05) is 0 Å². The Morgan fingerprint density at radius 1 is 1.17 bits per heavy atom. The molecule has 0 unspecified atom stereocenters. The molecule has 0 aliphatic carbocycles. The minimum atomic E-state index is -9.84. The van der Waals surface area contributed by atoms with Crippen LogP contribution in [0.2, 0.25) is 0 Å². The van der Waals surface area contributed by atoms with E-state index in [0.29, 0.717) is 6.07 Å². The summed E-state index contributed by atoms with van der Waals surface area (Å²) in [6, 6.07) is 0.470. The summed E-state index contributed by atoms with van der Waals surface area (Å²) >= 11 is 5.50.